The van der Waals surface area contributed by atoms with Crippen molar-refractivity contribution in [3.63, 3.8) is 0 Å². The van der Waals surface area contributed by atoms with Gasteiger partial charge in [-0.3, -0.25) is 9.59 Å². The molecule has 3 heteroatoms. The lowest BCUT2D eigenvalue weighted by atomic mass is 9.93. The number of ketones is 1. The number of carbonyl (C=O) groups is 2. The Hall–Kier alpha value is -0.860. The summed E-state index contributed by atoms with van der Waals surface area (Å²) < 4.78 is 0. The molecule has 0 amide bonds. The number of carboxylic acids is 1. The van der Waals surface area contributed by atoms with Crippen LogP contribution in [-0.4, -0.2) is 16.9 Å². The fourth-order valence-electron chi connectivity index (χ4n) is 1.98. The molecule has 1 saturated carbocycles. The molecule has 1 aliphatic rings. The van der Waals surface area contributed by atoms with Crippen LogP contribution in [0.3, 0.4) is 0 Å². The van der Waals surface area contributed by atoms with Crippen LogP contribution in [0.2, 0.25) is 0 Å². The molecule has 3 nitrogen and oxygen atoms in total. The fraction of sp³-hybridized carbons (Fsp3) is 0.778. The van der Waals surface area contributed by atoms with Crippen LogP contribution in [0.15, 0.2) is 0 Å². The number of rotatable bonds is 2. The van der Waals surface area contributed by atoms with Crippen molar-refractivity contribution in [3.05, 3.63) is 0 Å². The van der Waals surface area contributed by atoms with Crippen molar-refractivity contribution >= 4 is 11.8 Å². The van der Waals surface area contributed by atoms with E-state index < -0.39 is 11.9 Å². The molecular formula is C9H14O3. The molecule has 0 aromatic heterocycles. The third kappa shape index (κ3) is 1.36. The standard InChI is InChI=1S/C9H14O3/c1-3-6-7(9(11)12)4-5(2)8(6)10/h5-7H,3-4H2,1-2H3,(H,11,12). The van der Waals surface area contributed by atoms with E-state index in [4.69, 9.17) is 5.11 Å². The minimum absolute atomic E-state index is 0.0592. The molecular weight excluding hydrogens is 156 g/mol. The average Bonchev–Trinajstić information content (AvgIpc) is 2.29. The highest BCUT2D eigenvalue weighted by Gasteiger charge is 2.42. The quantitative estimate of drug-likeness (QED) is 0.680. The summed E-state index contributed by atoms with van der Waals surface area (Å²) in [6.07, 6.45) is 1.17. The van der Waals surface area contributed by atoms with Crippen LogP contribution in [0, 0.1) is 17.8 Å². The largest absolute Gasteiger partial charge is 0.481 e. The van der Waals surface area contributed by atoms with Crippen molar-refractivity contribution in [2.75, 3.05) is 0 Å². The van der Waals surface area contributed by atoms with E-state index in [0.717, 1.165) is 0 Å². The minimum atomic E-state index is -0.820. The Kier molecular flexibility index (Phi) is 2.50. The summed E-state index contributed by atoms with van der Waals surface area (Å²) in [5.74, 6) is -1.42. The Balaban J connectivity index is 2.78. The lowest BCUT2D eigenvalue weighted by molar-refractivity contribution is -0.144. The van der Waals surface area contributed by atoms with Crippen LogP contribution in [0.25, 0.3) is 0 Å². The van der Waals surface area contributed by atoms with Gasteiger partial charge in [0, 0.05) is 11.8 Å². The van der Waals surface area contributed by atoms with Crippen molar-refractivity contribution in [2.45, 2.75) is 26.7 Å². The summed E-state index contributed by atoms with van der Waals surface area (Å²) in [6.45, 7) is 3.68. The predicted molar refractivity (Wildman–Crippen MR) is 43.7 cm³/mol. The Bertz CT molecular complexity index is 210. The predicted octanol–water partition coefficient (Wildman–Crippen LogP) is 1.32. The molecule has 3 atom stereocenters. The van der Waals surface area contributed by atoms with E-state index in [9.17, 15) is 9.59 Å². The molecule has 0 saturated heterocycles. The molecule has 0 spiro atoms. The SMILES string of the molecule is CCC1C(=O)C(C)CC1C(=O)O. The second-order valence-electron chi connectivity index (χ2n) is 3.50. The van der Waals surface area contributed by atoms with Crippen LogP contribution in [0.1, 0.15) is 26.7 Å². The van der Waals surface area contributed by atoms with E-state index in [-0.39, 0.29) is 17.6 Å². The zero-order valence-corrected chi connectivity index (χ0v) is 7.41. The maximum Gasteiger partial charge on any atom is 0.307 e. The van der Waals surface area contributed by atoms with Crippen LogP contribution < -0.4 is 0 Å². The van der Waals surface area contributed by atoms with Crippen molar-refractivity contribution in [1.82, 2.24) is 0 Å². The van der Waals surface area contributed by atoms with Gasteiger partial charge in [-0.1, -0.05) is 13.8 Å². The van der Waals surface area contributed by atoms with Gasteiger partial charge in [0.1, 0.15) is 5.78 Å². The first-order valence-electron chi connectivity index (χ1n) is 4.34. The molecule has 0 aromatic rings. The number of hydrogen-bond donors (Lipinski definition) is 1. The third-order valence-electron chi connectivity index (χ3n) is 2.70. The lowest BCUT2D eigenvalue weighted by Crippen LogP contribution is -2.21. The molecule has 68 valence electrons. The molecule has 3 unspecified atom stereocenters. The topological polar surface area (TPSA) is 54.4 Å². The molecule has 0 radical (unpaired) electrons. The number of carbonyl (C=O) groups excluding carboxylic acids is 1. The van der Waals surface area contributed by atoms with Gasteiger partial charge < -0.3 is 5.11 Å². The second-order valence-corrected chi connectivity index (χ2v) is 3.50. The van der Waals surface area contributed by atoms with Crippen molar-refractivity contribution < 1.29 is 14.7 Å². The maximum atomic E-state index is 11.4. The van der Waals surface area contributed by atoms with E-state index in [1.165, 1.54) is 0 Å². The van der Waals surface area contributed by atoms with E-state index in [2.05, 4.69) is 0 Å². The normalized spacial score (nSPS) is 35.5. The molecule has 1 fully saturated rings. The van der Waals surface area contributed by atoms with Crippen LogP contribution in [0.4, 0.5) is 0 Å². The highest BCUT2D eigenvalue weighted by atomic mass is 16.4. The summed E-state index contributed by atoms with van der Waals surface area (Å²) in [6, 6.07) is 0. The molecule has 0 aliphatic heterocycles. The van der Waals surface area contributed by atoms with E-state index in [0.29, 0.717) is 12.8 Å². The minimum Gasteiger partial charge on any atom is -0.481 e. The first-order valence-corrected chi connectivity index (χ1v) is 4.34. The lowest BCUT2D eigenvalue weighted by Gasteiger charge is -2.10. The summed E-state index contributed by atoms with van der Waals surface area (Å²) in [4.78, 5) is 22.1. The second kappa shape index (κ2) is 3.25. The number of carboxylic acid groups (broad SMARTS) is 1. The third-order valence-corrected chi connectivity index (χ3v) is 2.70. The van der Waals surface area contributed by atoms with Crippen LogP contribution in [-0.2, 0) is 9.59 Å². The Morgan fingerprint density at radius 3 is 2.58 bits per heavy atom. The zero-order valence-electron chi connectivity index (χ0n) is 7.41. The Morgan fingerprint density at radius 2 is 2.25 bits per heavy atom. The zero-order chi connectivity index (χ0) is 9.30. The van der Waals surface area contributed by atoms with Gasteiger partial charge in [-0.05, 0) is 12.8 Å². The molecule has 1 N–H and O–H groups in total. The number of aliphatic carboxylic acids is 1. The van der Waals surface area contributed by atoms with Crippen LogP contribution >= 0.6 is 0 Å². The smallest absolute Gasteiger partial charge is 0.307 e. The van der Waals surface area contributed by atoms with Gasteiger partial charge in [-0.25, -0.2) is 0 Å². The molecule has 0 aromatic carbocycles. The van der Waals surface area contributed by atoms with Gasteiger partial charge in [0.15, 0.2) is 0 Å². The number of Topliss-reactive ketones (excluding diaryl/α,β-unsaturated/α-hetero) is 1. The van der Waals surface area contributed by atoms with Crippen molar-refractivity contribution in [2.24, 2.45) is 17.8 Å². The van der Waals surface area contributed by atoms with Gasteiger partial charge in [0.2, 0.25) is 0 Å². The van der Waals surface area contributed by atoms with Crippen LogP contribution in [0.5, 0.6) is 0 Å². The average molecular weight is 170 g/mol. The number of hydrogen-bond acceptors (Lipinski definition) is 2. The molecule has 0 bridgehead atoms. The molecule has 0 heterocycles. The van der Waals surface area contributed by atoms with Gasteiger partial charge in [-0.2, -0.15) is 0 Å². The summed E-state index contributed by atoms with van der Waals surface area (Å²) in [5.41, 5.74) is 0. The maximum absolute atomic E-state index is 11.4. The van der Waals surface area contributed by atoms with Crippen molar-refractivity contribution in [1.29, 1.82) is 0 Å². The highest BCUT2D eigenvalue weighted by molar-refractivity contribution is 5.91. The highest BCUT2D eigenvalue weighted by Crippen LogP contribution is 2.35. The van der Waals surface area contributed by atoms with Gasteiger partial charge in [0.05, 0.1) is 5.92 Å². The van der Waals surface area contributed by atoms with E-state index in [1.807, 2.05) is 13.8 Å². The monoisotopic (exact) mass is 170 g/mol. The van der Waals surface area contributed by atoms with Gasteiger partial charge in [0.25, 0.3) is 0 Å². The first kappa shape index (κ1) is 9.23. The van der Waals surface area contributed by atoms with E-state index in [1.54, 1.807) is 0 Å². The first-order chi connectivity index (χ1) is 5.57. The summed E-state index contributed by atoms with van der Waals surface area (Å²) >= 11 is 0. The van der Waals surface area contributed by atoms with Gasteiger partial charge >= 0.3 is 5.97 Å². The molecule has 1 aliphatic carbocycles. The Labute approximate surface area is 71.8 Å². The molecule has 12 heavy (non-hydrogen) atoms. The fourth-order valence-corrected chi connectivity index (χ4v) is 1.98. The Morgan fingerprint density at radius 1 is 1.67 bits per heavy atom. The molecule has 1 rings (SSSR count). The van der Waals surface area contributed by atoms with Crippen molar-refractivity contribution in [3.8, 4) is 0 Å². The van der Waals surface area contributed by atoms with E-state index >= 15 is 0 Å². The summed E-state index contributed by atoms with van der Waals surface area (Å²) in [7, 11) is 0. The van der Waals surface area contributed by atoms with Gasteiger partial charge in [-0.15, -0.1) is 0 Å². The summed E-state index contributed by atoms with van der Waals surface area (Å²) in [5, 5.41) is 8.80.